The maximum atomic E-state index is 12.2. The number of anilines is 1. The summed E-state index contributed by atoms with van der Waals surface area (Å²) < 4.78 is 5.88. The van der Waals surface area contributed by atoms with Crippen molar-refractivity contribution in [3.8, 4) is 11.5 Å². The minimum atomic E-state index is -0.324. The van der Waals surface area contributed by atoms with Crippen LogP contribution in [-0.4, -0.2) is 41.7 Å². The maximum absolute atomic E-state index is 12.2. The molecule has 1 aliphatic rings. The predicted molar refractivity (Wildman–Crippen MR) is 93.4 cm³/mol. The number of amides is 1. The van der Waals surface area contributed by atoms with Crippen molar-refractivity contribution in [2.45, 2.75) is 19.4 Å². The van der Waals surface area contributed by atoms with Gasteiger partial charge in [-0.25, -0.2) is 0 Å². The number of carbonyl (C=O) groups excluding carboxylic acids is 1. The zero-order valence-corrected chi connectivity index (χ0v) is 13.7. The van der Waals surface area contributed by atoms with Crippen molar-refractivity contribution in [2.24, 2.45) is 0 Å². The predicted octanol–water partition coefficient (Wildman–Crippen LogP) is 2.79. The van der Waals surface area contributed by atoms with Gasteiger partial charge in [0.1, 0.15) is 5.75 Å². The summed E-state index contributed by atoms with van der Waals surface area (Å²) in [5.41, 5.74) is 1.81. The van der Waals surface area contributed by atoms with Crippen LogP contribution < -0.4 is 10.1 Å². The van der Waals surface area contributed by atoms with Gasteiger partial charge in [-0.05, 0) is 37.6 Å². The van der Waals surface area contributed by atoms with Crippen molar-refractivity contribution in [3.05, 3.63) is 54.1 Å². The molecule has 5 heteroatoms. The molecule has 1 saturated heterocycles. The van der Waals surface area contributed by atoms with Crippen LogP contribution in [0.15, 0.2) is 48.5 Å². The molecule has 1 amide bonds. The Morgan fingerprint density at radius 1 is 1.25 bits per heavy atom. The molecular formula is C19H22N2O3. The molecule has 3 rings (SSSR count). The zero-order chi connectivity index (χ0) is 16.9. The van der Waals surface area contributed by atoms with Gasteiger partial charge in [0, 0.05) is 13.1 Å². The number of aliphatic hydroxyl groups excluding tert-OH is 1. The molecule has 1 heterocycles. The SMILES string of the molecule is Cc1ccc(Oc2ccccc2NC(=O)CN2CC[C@@H](O)C2)cc1. The number of aryl methyl sites for hydroxylation is 1. The van der Waals surface area contributed by atoms with E-state index in [0.717, 1.165) is 24.3 Å². The van der Waals surface area contributed by atoms with E-state index in [-0.39, 0.29) is 18.6 Å². The van der Waals surface area contributed by atoms with Gasteiger partial charge in [0.05, 0.1) is 18.3 Å². The second kappa shape index (κ2) is 7.47. The zero-order valence-electron chi connectivity index (χ0n) is 13.7. The van der Waals surface area contributed by atoms with Crippen LogP contribution in [-0.2, 0) is 4.79 Å². The summed E-state index contributed by atoms with van der Waals surface area (Å²) in [7, 11) is 0. The maximum Gasteiger partial charge on any atom is 0.238 e. The average Bonchev–Trinajstić information content (AvgIpc) is 2.96. The standard InChI is InChI=1S/C19H22N2O3/c1-14-6-8-16(9-7-14)24-18-5-3-2-4-17(18)20-19(23)13-21-11-10-15(22)12-21/h2-9,15,22H,10-13H2,1H3,(H,20,23)/t15-/m1/s1. The van der Waals surface area contributed by atoms with Gasteiger partial charge in [-0.2, -0.15) is 0 Å². The number of likely N-dealkylation sites (tertiary alicyclic amines) is 1. The summed E-state index contributed by atoms with van der Waals surface area (Å²) in [5, 5.41) is 12.4. The number of β-amino-alcohol motifs (C(OH)–C–C–N with tert-alkyl or cyclic N) is 1. The lowest BCUT2D eigenvalue weighted by Gasteiger charge is -2.16. The first-order valence-corrected chi connectivity index (χ1v) is 8.14. The fourth-order valence-electron chi connectivity index (χ4n) is 2.74. The van der Waals surface area contributed by atoms with Crippen LogP contribution in [0.25, 0.3) is 0 Å². The summed E-state index contributed by atoms with van der Waals surface area (Å²) >= 11 is 0. The molecule has 1 atom stereocenters. The second-order valence-electron chi connectivity index (χ2n) is 6.14. The third-order valence-corrected chi connectivity index (χ3v) is 4.02. The second-order valence-corrected chi connectivity index (χ2v) is 6.14. The third kappa shape index (κ3) is 4.34. The van der Waals surface area contributed by atoms with Crippen molar-refractivity contribution < 1.29 is 14.6 Å². The van der Waals surface area contributed by atoms with E-state index in [1.54, 1.807) is 0 Å². The number of rotatable bonds is 5. The molecule has 126 valence electrons. The molecule has 2 aromatic rings. The number of nitrogens with zero attached hydrogens (tertiary/aromatic N) is 1. The van der Waals surface area contributed by atoms with Gasteiger partial charge in [0.25, 0.3) is 0 Å². The van der Waals surface area contributed by atoms with E-state index in [2.05, 4.69) is 5.32 Å². The van der Waals surface area contributed by atoms with Crippen LogP contribution >= 0.6 is 0 Å². The fraction of sp³-hybridized carbons (Fsp3) is 0.316. The molecule has 0 aromatic heterocycles. The van der Waals surface area contributed by atoms with E-state index in [0.29, 0.717) is 18.0 Å². The Morgan fingerprint density at radius 2 is 2.00 bits per heavy atom. The first-order chi connectivity index (χ1) is 11.6. The van der Waals surface area contributed by atoms with Crippen LogP contribution in [0, 0.1) is 6.92 Å². The van der Waals surface area contributed by atoms with Crippen molar-refractivity contribution in [1.82, 2.24) is 4.90 Å². The number of ether oxygens (including phenoxy) is 1. The van der Waals surface area contributed by atoms with E-state index >= 15 is 0 Å². The summed E-state index contributed by atoms with van der Waals surface area (Å²) in [6, 6.07) is 15.1. The Hall–Kier alpha value is -2.37. The minimum Gasteiger partial charge on any atom is -0.455 e. The van der Waals surface area contributed by atoms with Crippen LogP contribution in [0.2, 0.25) is 0 Å². The number of hydrogen-bond acceptors (Lipinski definition) is 4. The first kappa shape index (κ1) is 16.5. The Balaban J connectivity index is 1.65. The Morgan fingerprint density at radius 3 is 2.71 bits per heavy atom. The summed E-state index contributed by atoms with van der Waals surface area (Å²) in [6.07, 6.45) is 0.399. The summed E-state index contributed by atoms with van der Waals surface area (Å²) in [6.45, 7) is 3.59. The number of carbonyl (C=O) groups is 1. The molecule has 2 aromatic carbocycles. The molecule has 0 spiro atoms. The van der Waals surface area contributed by atoms with Gasteiger partial charge < -0.3 is 15.2 Å². The third-order valence-electron chi connectivity index (χ3n) is 4.02. The number of benzene rings is 2. The van der Waals surface area contributed by atoms with E-state index in [4.69, 9.17) is 4.74 Å². The minimum absolute atomic E-state index is 0.107. The lowest BCUT2D eigenvalue weighted by Crippen LogP contribution is -2.32. The molecule has 0 radical (unpaired) electrons. The van der Waals surface area contributed by atoms with Crippen LogP contribution in [0.1, 0.15) is 12.0 Å². The van der Waals surface area contributed by atoms with E-state index in [1.165, 1.54) is 0 Å². The number of para-hydroxylation sites is 2. The van der Waals surface area contributed by atoms with Gasteiger partial charge in [-0.1, -0.05) is 29.8 Å². The molecule has 0 aliphatic carbocycles. The first-order valence-electron chi connectivity index (χ1n) is 8.14. The molecule has 2 N–H and O–H groups in total. The Bertz CT molecular complexity index is 700. The number of aliphatic hydroxyl groups is 1. The highest BCUT2D eigenvalue weighted by Crippen LogP contribution is 2.29. The van der Waals surface area contributed by atoms with Gasteiger partial charge in [0.15, 0.2) is 5.75 Å². The van der Waals surface area contributed by atoms with E-state index < -0.39 is 0 Å². The smallest absolute Gasteiger partial charge is 0.238 e. The van der Waals surface area contributed by atoms with E-state index in [9.17, 15) is 9.90 Å². The number of nitrogens with one attached hydrogen (secondary N) is 1. The lowest BCUT2D eigenvalue weighted by atomic mass is 10.2. The van der Waals surface area contributed by atoms with Gasteiger partial charge in [-0.3, -0.25) is 9.69 Å². The van der Waals surface area contributed by atoms with Crippen molar-refractivity contribution in [3.63, 3.8) is 0 Å². The highest BCUT2D eigenvalue weighted by atomic mass is 16.5. The van der Waals surface area contributed by atoms with Crippen LogP contribution in [0.5, 0.6) is 11.5 Å². The molecule has 0 bridgehead atoms. The van der Waals surface area contributed by atoms with Gasteiger partial charge in [-0.15, -0.1) is 0 Å². The van der Waals surface area contributed by atoms with Crippen molar-refractivity contribution >= 4 is 11.6 Å². The van der Waals surface area contributed by atoms with Gasteiger partial charge in [0.2, 0.25) is 5.91 Å². The highest BCUT2D eigenvalue weighted by molar-refractivity contribution is 5.93. The van der Waals surface area contributed by atoms with Crippen molar-refractivity contribution in [2.75, 3.05) is 25.0 Å². The normalized spacial score (nSPS) is 17.7. The molecule has 24 heavy (non-hydrogen) atoms. The van der Waals surface area contributed by atoms with Crippen molar-refractivity contribution in [1.29, 1.82) is 0 Å². The van der Waals surface area contributed by atoms with Crippen LogP contribution in [0.4, 0.5) is 5.69 Å². The average molecular weight is 326 g/mol. The topological polar surface area (TPSA) is 61.8 Å². The molecule has 0 unspecified atom stereocenters. The summed E-state index contributed by atoms with van der Waals surface area (Å²) in [5.74, 6) is 1.23. The molecular weight excluding hydrogens is 304 g/mol. The fourth-order valence-corrected chi connectivity index (χ4v) is 2.74. The number of hydrogen-bond donors (Lipinski definition) is 2. The molecule has 0 saturated carbocycles. The largest absolute Gasteiger partial charge is 0.455 e. The van der Waals surface area contributed by atoms with Crippen LogP contribution in [0.3, 0.4) is 0 Å². The van der Waals surface area contributed by atoms with E-state index in [1.807, 2.05) is 60.4 Å². The quantitative estimate of drug-likeness (QED) is 0.887. The molecule has 5 nitrogen and oxygen atoms in total. The molecule has 1 aliphatic heterocycles. The Labute approximate surface area is 141 Å². The summed E-state index contributed by atoms with van der Waals surface area (Å²) in [4.78, 5) is 14.2. The molecule has 1 fully saturated rings. The van der Waals surface area contributed by atoms with Gasteiger partial charge >= 0.3 is 0 Å². The monoisotopic (exact) mass is 326 g/mol. The highest BCUT2D eigenvalue weighted by Gasteiger charge is 2.22. The lowest BCUT2D eigenvalue weighted by molar-refractivity contribution is -0.117. The Kier molecular flexibility index (Phi) is 5.13.